The molecule has 88 valence electrons. The molecule has 0 bridgehead atoms. The van der Waals surface area contributed by atoms with Crippen molar-refractivity contribution in [3.8, 4) is 5.75 Å². The molecule has 1 aromatic carbocycles. The van der Waals surface area contributed by atoms with E-state index >= 15 is 0 Å². The van der Waals surface area contributed by atoms with Gasteiger partial charge in [0.25, 0.3) is 0 Å². The Balaban J connectivity index is 1.98. The molecule has 0 amide bonds. The standard InChI is InChI=1S/C12H16ClNOS/c1-15-12-3-2-10(13)6-9(12)7-14-11-4-5-16-8-11/h2-3,6,11,14H,4-5,7-8H2,1H3. The Morgan fingerprint density at radius 3 is 3.12 bits per heavy atom. The van der Waals surface area contributed by atoms with Crippen LogP contribution in [0, 0.1) is 0 Å². The Morgan fingerprint density at radius 1 is 1.56 bits per heavy atom. The van der Waals surface area contributed by atoms with E-state index in [1.54, 1.807) is 7.11 Å². The van der Waals surface area contributed by atoms with Crippen LogP contribution >= 0.6 is 23.4 Å². The lowest BCUT2D eigenvalue weighted by Gasteiger charge is -2.13. The summed E-state index contributed by atoms with van der Waals surface area (Å²) in [5, 5.41) is 4.30. The van der Waals surface area contributed by atoms with Gasteiger partial charge < -0.3 is 10.1 Å². The summed E-state index contributed by atoms with van der Waals surface area (Å²) in [5.41, 5.74) is 1.13. The average molecular weight is 258 g/mol. The van der Waals surface area contributed by atoms with E-state index < -0.39 is 0 Å². The van der Waals surface area contributed by atoms with E-state index in [-0.39, 0.29) is 0 Å². The number of thioether (sulfide) groups is 1. The van der Waals surface area contributed by atoms with Crippen molar-refractivity contribution in [2.75, 3.05) is 18.6 Å². The van der Waals surface area contributed by atoms with Gasteiger partial charge in [-0.3, -0.25) is 0 Å². The smallest absolute Gasteiger partial charge is 0.123 e. The zero-order valence-corrected chi connectivity index (χ0v) is 10.9. The molecule has 1 atom stereocenters. The summed E-state index contributed by atoms with van der Waals surface area (Å²) < 4.78 is 5.31. The minimum atomic E-state index is 0.633. The number of benzene rings is 1. The minimum Gasteiger partial charge on any atom is -0.496 e. The summed E-state index contributed by atoms with van der Waals surface area (Å²) in [6, 6.07) is 6.38. The maximum absolute atomic E-state index is 5.98. The van der Waals surface area contributed by atoms with Crippen molar-refractivity contribution in [3.63, 3.8) is 0 Å². The van der Waals surface area contributed by atoms with E-state index in [0.29, 0.717) is 6.04 Å². The highest BCUT2D eigenvalue weighted by Crippen LogP contribution is 2.23. The molecule has 4 heteroatoms. The van der Waals surface area contributed by atoms with Gasteiger partial charge in [0.1, 0.15) is 5.75 Å². The Morgan fingerprint density at radius 2 is 2.44 bits per heavy atom. The van der Waals surface area contributed by atoms with Crippen molar-refractivity contribution in [1.29, 1.82) is 0 Å². The first kappa shape index (κ1) is 12.1. The van der Waals surface area contributed by atoms with Crippen LogP contribution in [0.1, 0.15) is 12.0 Å². The predicted molar refractivity (Wildman–Crippen MR) is 70.6 cm³/mol. The number of nitrogens with one attached hydrogen (secondary N) is 1. The third-order valence-corrected chi connectivity index (χ3v) is 4.15. The molecule has 0 aromatic heterocycles. The van der Waals surface area contributed by atoms with E-state index in [2.05, 4.69) is 5.32 Å². The number of hydrogen-bond donors (Lipinski definition) is 1. The molecular weight excluding hydrogens is 242 g/mol. The lowest BCUT2D eigenvalue weighted by atomic mass is 10.2. The highest BCUT2D eigenvalue weighted by molar-refractivity contribution is 7.99. The summed E-state index contributed by atoms with van der Waals surface area (Å²) in [6.45, 7) is 0.828. The Labute approximate surface area is 106 Å². The molecule has 1 fully saturated rings. The van der Waals surface area contributed by atoms with Gasteiger partial charge in [0, 0.05) is 28.9 Å². The molecule has 1 N–H and O–H groups in total. The fraction of sp³-hybridized carbons (Fsp3) is 0.500. The highest BCUT2D eigenvalue weighted by atomic mass is 35.5. The van der Waals surface area contributed by atoms with Crippen LogP contribution in [-0.2, 0) is 6.54 Å². The largest absolute Gasteiger partial charge is 0.496 e. The molecule has 0 saturated carbocycles. The zero-order chi connectivity index (χ0) is 11.4. The lowest BCUT2D eigenvalue weighted by Crippen LogP contribution is -2.28. The second-order valence-electron chi connectivity index (χ2n) is 3.90. The van der Waals surface area contributed by atoms with Crippen LogP contribution in [0.4, 0.5) is 0 Å². The molecule has 2 nitrogen and oxygen atoms in total. The fourth-order valence-corrected chi connectivity index (χ4v) is 3.22. The summed E-state index contributed by atoms with van der Waals surface area (Å²) in [7, 11) is 1.69. The number of halogens is 1. The lowest BCUT2D eigenvalue weighted by molar-refractivity contribution is 0.406. The molecule has 0 aliphatic carbocycles. The number of hydrogen-bond acceptors (Lipinski definition) is 3. The topological polar surface area (TPSA) is 21.3 Å². The van der Waals surface area contributed by atoms with Crippen LogP contribution in [-0.4, -0.2) is 24.7 Å². The van der Waals surface area contributed by atoms with Crippen LogP contribution in [0.3, 0.4) is 0 Å². The second kappa shape index (κ2) is 5.80. The normalized spacial score (nSPS) is 20.0. The van der Waals surface area contributed by atoms with E-state index in [4.69, 9.17) is 16.3 Å². The minimum absolute atomic E-state index is 0.633. The third kappa shape index (κ3) is 3.06. The van der Waals surface area contributed by atoms with E-state index in [1.807, 2.05) is 30.0 Å². The molecule has 2 rings (SSSR count). The first-order chi connectivity index (χ1) is 7.79. The number of rotatable bonds is 4. The molecule has 16 heavy (non-hydrogen) atoms. The molecule has 1 aromatic rings. The van der Waals surface area contributed by atoms with Gasteiger partial charge in [0.15, 0.2) is 0 Å². The fourth-order valence-electron chi connectivity index (χ4n) is 1.84. The third-order valence-electron chi connectivity index (χ3n) is 2.75. The van der Waals surface area contributed by atoms with Crippen LogP contribution in [0.25, 0.3) is 0 Å². The van der Waals surface area contributed by atoms with Gasteiger partial charge in [-0.1, -0.05) is 11.6 Å². The second-order valence-corrected chi connectivity index (χ2v) is 5.48. The number of ether oxygens (including phenoxy) is 1. The predicted octanol–water partition coefficient (Wildman–Crippen LogP) is 2.94. The van der Waals surface area contributed by atoms with Crippen molar-refractivity contribution in [1.82, 2.24) is 5.32 Å². The molecule has 1 aliphatic rings. The van der Waals surface area contributed by atoms with Gasteiger partial charge in [0.2, 0.25) is 0 Å². The van der Waals surface area contributed by atoms with Crippen molar-refractivity contribution >= 4 is 23.4 Å². The molecule has 0 spiro atoms. The van der Waals surface area contributed by atoms with Gasteiger partial charge in [-0.05, 0) is 30.4 Å². The molecule has 1 saturated heterocycles. The first-order valence-corrected chi connectivity index (χ1v) is 6.96. The van der Waals surface area contributed by atoms with Crippen molar-refractivity contribution in [2.24, 2.45) is 0 Å². The van der Waals surface area contributed by atoms with E-state index in [1.165, 1.54) is 17.9 Å². The maximum Gasteiger partial charge on any atom is 0.123 e. The van der Waals surface area contributed by atoms with E-state index in [9.17, 15) is 0 Å². The van der Waals surface area contributed by atoms with Crippen molar-refractivity contribution < 1.29 is 4.74 Å². The van der Waals surface area contributed by atoms with Gasteiger partial charge in [0.05, 0.1) is 7.11 Å². The van der Waals surface area contributed by atoms with Gasteiger partial charge in [-0.2, -0.15) is 11.8 Å². The summed E-state index contributed by atoms with van der Waals surface area (Å²) in [4.78, 5) is 0. The number of methoxy groups -OCH3 is 1. The molecular formula is C12H16ClNOS. The molecule has 1 aliphatic heterocycles. The van der Waals surface area contributed by atoms with E-state index in [0.717, 1.165) is 22.9 Å². The monoisotopic (exact) mass is 257 g/mol. The summed E-state index contributed by atoms with van der Waals surface area (Å²) in [6.07, 6.45) is 1.26. The van der Waals surface area contributed by atoms with Crippen LogP contribution in [0.15, 0.2) is 18.2 Å². The Kier molecular flexibility index (Phi) is 4.38. The summed E-state index contributed by atoms with van der Waals surface area (Å²) in [5.74, 6) is 3.38. The Bertz CT molecular complexity index is 353. The zero-order valence-electron chi connectivity index (χ0n) is 9.33. The summed E-state index contributed by atoms with van der Waals surface area (Å²) >= 11 is 7.99. The highest BCUT2D eigenvalue weighted by Gasteiger charge is 2.15. The molecule has 0 radical (unpaired) electrons. The van der Waals surface area contributed by atoms with Gasteiger partial charge >= 0.3 is 0 Å². The quantitative estimate of drug-likeness (QED) is 0.896. The SMILES string of the molecule is COc1ccc(Cl)cc1CNC1CCSC1. The van der Waals surface area contributed by atoms with Gasteiger partial charge in [-0.15, -0.1) is 0 Å². The Hall–Kier alpha value is -0.380. The van der Waals surface area contributed by atoms with Crippen LogP contribution in [0.5, 0.6) is 5.75 Å². The average Bonchev–Trinajstić information content (AvgIpc) is 2.79. The van der Waals surface area contributed by atoms with Crippen molar-refractivity contribution in [3.05, 3.63) is 28.8 Å². The van der Waals surface area contributed by atoms with Gasteiger partial charge in [-0.25, -0.2) is 0 Å². The van der Waals surface area contributed by atoms with Crippen LogP contribution < -0.4 is 10.1 Å². The molecule has 1 unspecified atom stereocenters. The maximum atomic E-state index is 5.98. The van der Waals surface area contributed by atoms with Crippen molar-refractivity contribution in [2.45, 2.75) is 19.0 Å². The first-order valence-electron chi connectivity index (χ1n) is 5.43. The molecule has 1 heterocycles. The van der Waals surface area contributed by atoms with Crippen LogP contribution in [0.2, 0.25) is 5.02 Å².